The van der Waals surface area contributed by atoms with Crippen molar-refractivity contribution in [2.24, 2.45) is 5.41 Å². The summed E-state index contributed by atoms with van der Waals surface area (Å²) in [5, 5.41) is 18.7. The quantitative estimate of drug-likeness (QED) is 0.457. The van der Waals surface area contributed by atoms with E-state index in [1.165, 1.54) is 21.9 Å². The molecule has 0 bridgehead atoms. The summed E-state index contributed by atoms with van der Waals surface area (Å²) in [7, 11) is 0. The lowest BCUT2D eigenvalue weighted by molar-refractivity contribution is -0.138. The highest BCUT2D eigenvalue weighted by atomic mass is 19.1. The molecule has 226 valence electrons. The second-order valence-electron chi connectivity index (χ2n) is 12.8. The Morgan fingerprint density at radius 3 is 2.56 bits per heavy atom. The molecule has 0 unspecified atom stereocenters. The van der Waals surface area contributed by atoms with Crippen molar-refractivity contribution in [3.8, 4) is 6.07 Å². The van der Waals surface area contributed by atoms with E-state index in [4.69, 9.17) is 0 Å². The number of amides is 5. The van der Waals surface area contributed by atoms with Gasteiger partial charge in [-0.3, -0.25) is 14.4 Å². The van der Waals surface area contributed by atoms with E-state index >= 15 is 0 Å². The van der Waals surface area contributed by atoms with Crippen LogP contribution in [0.2, 0.25) is 0 Å². The van der Waals surface area contributed by atoms with Crippen molar-refractivity contribution in [1.29, 1.82) is 5.26 Å². The number of nitrogens with zero attached hydrogens (tertiary/aromatic N) is 3. The number of benzene rings is 2. The van der Waals surface area contributed by atoms with E-state index in [1.807, 2.05) is 39.0 Å². The van der Waals surface area contributed by atoms with Gasteiger partial charge in [-0.1, -0.05) is 51.1 Å². The van der Waals surface area contributed by atoms with Crippen molar-refractivity contribution in [2.75, 3.05) is 25.0 Å². The normalized spacial score (nSPS) is 22.8. The average Bonchev–Trinajstić information content (AvgIpc) is 3.49. The Morgan fingerprint density at radius 1 is 1.16 bits per heavy atom. The highest BCUT2D eigenvalue weighted by molar-refractivity contribution is 6.07. The van der Waals surface area contributed by atoms with Crippen LogP contribution in [-0.4, -0.2) is 71.3 Å². The van der Waals surface area contributed by atoms with Crippen LogP contribution >= 0.6 is 0 Å². The lowest BCUT2D eigenvalue weighted by Gasteiger charge is -2.36. The predicted octanol–water partition coefficient (Wildman–Crippen LogP) is 3.09. The Morgan fingerprint density at radius 2 is 1.88 bits per heavy atom. The molecule has 3 aliphatic rings. The molecule has 3 heterocycles. The summed E-state index contributed by atoms with van der Waals surface area (Å²) in [4.78, 5) is 57.2. The smallest absolute Gasteiger partial charge is 0.318 e. The summed E-state index contributed by atoms with van der Waals surface area (Å²) in [5.41, 5.74) is 0.638. The van der Waals surface area contributed by atoms with Gasteiger partial charge in [-0.25, -0.2) is 9.18 Å². The number of fused-ring (bicyclic) bond motifs is 2. The van der Waals surface area contributed by atoms with Crippen molar-refractivity contribution in [3.63, 3.8) is 0 Å². The second kappa shape index (κ2) is 11.7. The molecular weight excluding hydrogens is 551 g/mol. The largest absolute Gasteiger partial charge is 0.342 e. The first-order chi connectivity index (χ1) is 20.4. The molecule has 2 aromatic rings. The Bertz CT molecular complexity index is 1470. The molecule has 4 atom stereocenters. The first kappa shape index (κ1) is 30.0. The van der Waals surface area contributed by atoms with E-state index in [1.54, 1.807) is 18.2 Å². The van der Waals surface area contributed by atoms with Gasteiger partial charge in [0, 0.05) is 38.2 Å². The van der Waals surface area contributed by atoms with Gasteiger partial charge in [-0.2, -0.15) is 5.26 Å². The zero-order chi connectivity index (χ0) is 30.9. The summed E-state index contributed by atoms with van der Waals surface area (Å²) >= 11 is 0. The number of para-hydroxylation sites is 1. The second-order valence-corrected chi connectivity index (χ2v) is 12.8. The van der Waals surface area contributed by atoms with Gasteiger partial charge in [0.15, 0.2) is 0 Å². The van der Waals surface area contributed by atoms with Gasteiger partial charge < -0.3 is 25.8 Å². The van der Waals surface area contributed by atoms with Crippen molar-refractivity contribution in [1.82, 2.24) is 20.4 Å². The van der Waals surface area contributed by atoms with Crippen molar-refractivity contribution in [2.45, 2.75) is 70.0 Å². The number of carbonyl (C=O) groups excluding carboxylic acids is 4. The highest BCUT2D eigenvalue weighted by Gasteiger charge is 2.56. The van der Waals surface area contributed by atoms with Crippen molar-refractivity contribution < 1.29 is 23.6 Å². The van der Waals surface area contributed by atoms with Crippen LogP contribution in [0.4, 0.5) is 14.9 Å². The fourth-order valence-corrected chi connectivity index (χ4v) is 6.40. The molecule has 5 rings (SSSR count). The number of likely N-dealkylation sites (tertiary alicyclic amines) is 1. The van der Waals surface area contributed by atoms with E-state index in [0.717, 1.165) is 5.56 Å². The molecule has 0 aromatic heterocycles. The van der Waals surface area contributed by atoms with Crippen LogP contribution in [0.3, 0.4) is 0 Å². The summed E-state index contributed by atoms with van der Waals surface area (Å²) in [5.74, 6) is -1.63. The molecule has 5 amide bonds. The minimum Gasteiger partial charge on any atom is -0.342 e. The van der Waals surface area contributed by atoms with Crippen molar-refractivity contribution in [3.05, 3.63) is 65.5 Å². The maximum Gasteiger partial charge on any atom is 0.318 e. The Balaban J connectivity index is 1.43. The SMILES string of the molecule is CC(C)(C)C[C@H](NC(=O)[C@H](Cc1ccc(F)cc1)N1CCCNC1=O)C(=O)N1C[C@]2(C[C@H]1C#N)C(=O)Nc1ccccc12. The minimum atomic E-state index is -1.06. The van der Waals surface area contributed by atoms with E-state index in [2.05, 4.69) is 22.0 Å². The summed E-state index contributed by atoms with van der Waals surface area (Å²) in [6.45, 7) is 6.69. The van der Waals surface area contributed by atoms with Crippen LogP contribution in [-0.2, 0) is 26.2 Å². The number of nitriles is 1. The van der Waals surface area contributed by atoms with E-state index in [0.29, 0.717) is 30.8 Å². The number of hydrogen-bond acceptors (Lipinski definition) is 5. The summed E-state index contributed by atoms with van der Waals surface area (Å²) in [6.07, 6.45) is 1.18. The first-order valence-corrected chi connectivity index (χ1v) is 14.6. The lowest BCUT2D eigenvalue weighted by atomic mass is 9.80. The van der Waals surface area contributed by atoms with Gasteiger partial charge in [0.25, 0.3) is 0 Å². The number of urea groups is 1. The number of halogens is 1. The number of rotatable bonds is 7. The molecule has 2 aromatic carbocycles. The van der Waals surface area contributed by atoms with Crippen LogP contribution in [0.25, 0.3) is 0 Å². The third kappa shape index (κ3) is 6.05. The van der Waals surface area contributed by atoms with Gasteiger partial charge in [0.2, 0.25) is 17.7 Å². The molecule has 3 N–H and O–H groups in total. The molecular formula is C32H37FN6O4. The van der Waals surface area contributed by atoms with Crippen LogP contribution in [0.5, 0.6) is 0 Å². The zero-order valence-corrected chi connectivity index (χ0v) is 24.7. The average molecular weight is 589 g/mol. The topological polar surface area (TPSA) is 135 Å². The molecule has 0 radical (unpaired) electrons. The number of anilines is 1. The molecule has 0 aliphatic carbocycles. The van der Waals surface area contributed by atoms with Crippen LogP contribution in [0.1, 0.15) is 51.2 Å². The van der Waals surface area contributed by atoms with E-state index < -0.39 is 41.2 Å². The summed E-state index contributed by atoms with van der Waals surface area (Å²) < 4.78 is 13.6. The van der Waals surface area contributed by atoms with Crippen molar-refractivity contribution >= 4 is 29.4 Å². The minimum absolute atomic E-state index is 0.0109. The zero-order valence-electron chi connectivity index (χ0n) is 24.7. The van der Waals surface area contributed by atoms with Crippen LogP contribution in [0, 0.1) is 22.6 Å². The van der Waals surface area contributed by atoms with Gasteiger partial charge in [0.05, 0.1) is 11.5 Å². The fourth-order valence-electron chi connectivity index (χ4n) is 6.40. The number of hydrogen-bond donors (Lipinski definition) is 3. The molecule has 2 fully saturated rings. The lowest BCUT2D eigenvalue weighted by Crippen LogP contribution is -2.60. The third-order valence-corrected chi connectivity index (χ3v) is 8.48. The predicted molar refractivity (Wildman–Crippen MR) is 157 cm³/mol. The Labute approximate surface area is 250 Å². The third-order valence-electron chi connectivity index (χ3n) is 8.48. The molecule has 11 heteroatoms. The van der Waals surface area contributed by atoms with Gasteiger partial charge in [0.1, 0.15) is 23.9 Å². The highest BCUT2D eigenvalue weighted by Crippen LogP contribution is 2.46. The molecule has 2 saturated heterocycles. The Kier molecular flexibility index (Phi) is 8.14. The molecule has 3 aliphatic heterocycles. The van der Waals surface area contributed by atoms with Crippen LogP contribution < -0.4 is 16.0 Å². The first-order valence-electron chi connectivity index (χ1n) is 14.6. The monoisotopic (exact) mass is 588 g/mol. The Hall–Kier alpha value is -4.46. The molecule has 1 spiro atoms. The standard InChI is InChI=1S/C32H37FN6O4/c1-31(2,3)17-25(28(41)39-19-32(16-22(39)18-34)23-7-4-5-8-24(23)37-29(32)42)36-27(40)26(38-14-6-13-35-30(38)43)15-20-9-11-21(33)12-10-20/h4-5,7-12,22,25-26H,6,13-17,19H2,1-3H3,(H,35,43)(H,36,40)(H,37,42)/t22-,25-,26-,32-/m0/s1. The van der Waals surface area contributed by atoms with E-state index in [-0.39, 0.29) is 43.2 Å². The van der Waals surface area contributed by atoms with E-state index in [9.17, 15) is 28.8 Å². The molecule has 43 heavy (non-hydrogen) atoms. The fraction of sp³-hybridized carbons (Fsp3) is 0.469. The number of nitrogens with one attached hydrogen (secondary N) is 3. The maximum absolute atomic E-state index is 14.2. The summed E-state index contributed by atoms with van der Waals surface area (Å²) in [6, 6.07) is 12.0. The van der Waals surface area contributed by atoms with Gasteiger partial charge in [-0.15, -0.1) is 0 Å². The van der Waals surface area contributed by atoms with Gasteiger partial charge in [-0.05, 0) is 47.6 Å². The number of carbonyl (C=O) groups is 4. The van der Waals surface area contributed by atoms with Crippen LogP contribution in [0.15, 0.2) is 48.5 Å². The maximum atomic E-state index is 14.2. The molecule has 0 saturated carbocycles. The molecule has 10 nitrogen and oxygen atoms in total. The van der Waals surface area contributed by atoms with Gasteiger partial charge >= 0.3 is 6.03 Å².